The van der Waals surface area contributed by atoms with Gasteiger partial charge in [-0.05, 0) is 12.5 Å². The largest absolute Gasteiger partial charge is 0.513 e. The Bertz CT molecular complexity index is 1230. The first kappa shape index (κ1) is 20.9. The number of pyridine rings is 1. The van der Waals surface area contributed by atoms with Crippen LogP contribution in [-0.4, -0.2) is 27.5 Å². The van der Waals surface area contributed by atoms with Crippen molar-refractivity contribution in [2.24, 2.45) is 0 Å². The third-order valence-corrected chi connectivity index (χ3v) is 4.03. The summed E-state index contributed by atoms with van der Waals surface area (Å²) in [6.07, 6.45) is -8.08. The minimum Gasteiger partial charge on any atom is -0.449 e. The van der Waals surface area contributed by atoms with Crippen LogP contribution in [0.5, 0.6) is 11.8 Å². The second kappa shape index (κ2) is 7.54. The Hall–Kier alpha value is -3.83. The molecule has 0 saturated carbocycles. The number of halogens is 3. The number of hydrogen-bond donors (Lipinski definition) is 2. The predicted molar refractivity (Wildman–Crippen MR) is 94.1 cm³/mol. The number of nitrogens with zero attached hydrogens (tertiary/aromatic N) is 1. The maximum absolute atomic E-state index is 13.6. The first-order valence-electron chi connectivity index (χ1n) is 8.34. The molecule has 0 aliphatic heterocycles. The number of carboxylic acid groups (broad SMARTS) is 2. The lowest BCUT2D eigenvalue weighted by Gasteiger charge is -2.15. The summed E-state index contributed by atoms with van der Waals surface area (Å²) in [6.45, 7) is 1.70. The second-order valence-electron chi connectivity index (χ2n) is 6.05. The summed E-state index contributed by atoms with van der Waals surface area (Å²) in [6, 6.07) is 2.02. The number of rotatable bonds is 4. The molecule has 0 saturated heterocycles. The number of ether oxygens (including phenoxy) is 2. The summed E-state index contributed by atoms with van der Waals surface area (Å²) in [4.78, 5) is 37.8. The number of aryl methyl sites for hydroxylation is 1. The van der Waals surface area contributed by atoms with E-state index >= 15 is 0 Å². The van der Waals surface area contributed by atoms with Crippen molar-refractivity contribution in [3.05, 3.63) is 39.5 Å². The van der Waals surface area contributed by atoms with Crippen LogP contribution in [0.2, 0.25) is 0 Å². The summed E-state index contributed by atoms with van der Waals surface area (Å²) < 4.78 is 54.9. The SMILES string of the molecule is CCCc1c2nc(OC(=O)O)cc(C(F)(F)F)c2cc2c(=O)cc(OC(=O)O)oc12. The minimum absolute atomic E-state index is 0.0410. The summed E-state index contributed by atoms with van der Waals surface area (Å²) >= 11 is 0. The zero-order chi connectivity index (χ0) is 22.2. The van der Waals surface area contributed by atoms with Gasteiger partial charge < -0.3 is 24.1 Å². The number of alkyl halides is 3. The molecule has 3 rings (SSSR count). The van der Waals surface area contributed by atoms with Gasteiger partial charge in [0.25, 0.3) is 5.95 Å². The molecule has 0 aliphatic rings. The standard InChI is InChI=1S/C18H12F3NO8/c1-2-3-7-14-8(10(18(19,20)21)5-12(22-14)28-16(24)25)4-9-11(23)6-13(29-15(7)9)30-17(26)27/h4-6H,2-3H2,1H3,(H,24,25)(H,26,27). The van der Waals surface area contributed by atoms with E-state index in [1.165, 1.54) is 0 Å². The van der Waals surface area contributed by atoms with E-state index in [2.05, 4.69) is 14.5 Å². The van der Waals surface area contributed by atoms with E-state index in [0.717, 1.165) is 6.07 Å². The molecule has 2 N–H and O–H groups in total. The van der Waals surface area contributed by atoms with E-state index in [9.17, 15) is 27.6 Å². The summed E-state index contributed by atoms with van der Waals surface area (Å²) in [5, 5.41) is 16.8. The maximum Gasteiger partial charge on any atom is 0.513 e. The van der Waals surface area contributed by atoms with Gasteiger partial charge in [-0.3, -0.25) is 4.79 Å². The third-order valence-electron chi connectivity index (χ3n) is 4.03. The summed E-state index contributed by atoms with van der Waals surface area (Å²) in [7, 11) is 0. The Morgan fingerprint density at radius 2 is 1.77 bits per heavy atom. The summed E-state index contributed by atoms with van der Waals surface area (Å²) in [5.74, 6) is -1.50. The molecule has 0 unspecified atom stereocenters. The fraction of sp³-hybridized carbons (Fsp3) is 0.222. The van der Waals surface area contributed by atoms with Crippen LogP contribution in [0.15, 0.2) is 27.4 Å². The zero-order valence-electron chi connectivity index (χ0n) is 15.1. The highest BCUT2D eigenvalue weighted by atomic mass is 19.4. The molecule has 9 nitrogen and oxygen atoms in total. The average molecular weight is 427 g/mol. The number of carbonyl (C=O) groups is 2. The van der Waals surface area contributed by atoms with E-state index in [4.69, 9.17) is 14.6 Å². The number of fused-ring (bicyclic) bond motifs is 2. The highest BCUT2D eigenvalue weighted by Gasteiger charge is 2.35. The fourth-order valence-corrected chi connectivity index (χ4v) is 3.00. The lowest BCUT2D eigenvalue weighted by Crippen LogP contribution is -2.12. The molecule has 0 amide bonds. The van der Waals surface area contributed by atoms with Gasteiger partial charge >= 0.3 is 18.5 Å². The van der Waals surface area contributed by atoms with Crippen LogP contribution < -0.4 is 14.9 Å². The van der Waals surface area contributed by atoms with Gasteiger partial charge in [-0.1, -0.05) is 13.3 Å². The van der Waals surface area contributed by atoms with Crippen LogP contribution in [0.25, 0.3) is 21.9 Å². The number of aromatic nitrogens is 1. The molecule has 1 aromatic carbocycles. The van der Waals surface area contributed by atoms with Crippen molar-refractivity contribution in [1.29, 1.82) is 0 Å². The van der Waals surface area contributed by atoms with Gasteiger partial charge in [0.1, 0.15) is 5.58 Å². The fourth-order valence-electron chi connectivity index (χ4n) is 3.00. The maximum atomic E-state index is 13.6. The molecule has 30 heavy (non-hydrogen) atoms. The first-order chi connectivity index (χ1) is 14.0. The smallest absolute Gasteiger partial charge is 0.449 e. The average Bonchev–Trinajstić information content (AvgIpc) is 2.60. The van der Waals surface area contributed by atoms with Crippen LogP contribution in [0.3, 0.4) is 0 Å². The molecular formula is C18H12F3NO8. The molecular weight excluding hydrogens is 415 g/mol. The van der Waals surface area contributed by atoms with Crippen molar-refractivity contribution in [2.75, 3.05) is 0 Å². The number of hydrogen-bond acceptors (Lipinski definition) is 7. The highest BCUT2D eigenvalue weighted by Crippen LogP contribution is 2.39. The first-order valence-corrected chi connectivity index (χ1v) is 8.34. The number of benzene rings is 1. The van der Waals surface area contributed by atoms with Gasteiger partial charge in [0, 0.05) is 17.0 Å². The molecule has 12 heteroatoms. The van der Waals surface area contributed by atoms with Crippen LogP contribution in [0.4, 0.5) is 22.8 Å². The van der Waals surface area contributed by atoms with Crippen molar-refractivity contribution in [1.82, 2.24) is 4.98 Å². The van der Waals surface area contributed by atoms with Crippen LogP contribution in [-0.2, 0) is 12.6 Å². The van der Waals surface area contributed by atoms with E-state index in [1.54, 1.807) is 6.92 Å². The topological polar surface area (TPSA) is 136 Å². The molecule has 0 spiro atoms. The molecule has 0 radical (unpaired) electrons. The Labute approximate surface area is 164 Å². The Kier molecular flexibility index (Phi) is 5.25. The molecule has 0 atom stereocenters. The third kappa shape index (κ3) is 3.97. The van der Waals surface area contributed by atoms with Gasteiger partial charge in [-0.15, -0.1) is 0 Å². The van der Waals surface area contributed by atoms with Gasteiger partial charge in [0.2, 0.25) is 5.88 Å². The van der Waals surface area contributed by atoms with Gasteiger partial charge in [-0.2, -0.15) is 13.2 Å². The lowest BCUT2D eigenvalue weighted by molar-refractivity contribution is -0.136. The van der Waals surface area contributed by atoms with E-state index in [1.807, 2.05) is 0 Å². The summed E-state index contributed by atoms with van der Waals surface area (Å²) in [5.41, 5.74) is -2.56. The van der Waals surface area contributed by atoms with Crippen molar-refractivity contribution >= 4 is 34.2 Å². The molecule has 0 fully saturated rings. The van der Waals surface area contributed by atoms with Gasteiger partial charge in [0.15, 0.2) is 5.43 Å². The minimum atomic E-state index is -4.92. The highest BCUT2D eigenvalue weighted by molar-refractivity contribution is 6.00. The molecule has 2 heterocycles. The van der Waals surface area contributed by atoms with Gasteiger partial charge in [-0.25, -0.2) is 14.6 Å². The van der Waals surface area contributed by atoms with Crippen molar-refractivity contribution in [3.63, 3.8) is 0 Å². The van der Waals surface area contributed by atoms with Crippen LogP contribution in [0.1, 0.15) is 24.5 Å². The lowest BCUT2D eigenvalue weighted by atomic mass is 9.98. The zero-order valence-corrected chi connectivity index (χ0v) is 15.1. The predicted octanol–water partition coefficient (Wildman–Crippen LogP) is 4.43. The van der Waals surface area contributed by atoms with E-state index in [-0.39, 0.29) is 28.5 Å². The van der Waals surface area contributed by atoms with E-state index in [0.29, 0.717) is 18.6 Å². The van der Waals surface area contributed by atoms with Crippen LogP contribution in [0, 0.1) is 0 Å². The van der Waals surface area contributed by atoms with Gasteiger partial charge in [0.05, 0.1) is 22.5 Å². The Balaban J connectivity index is 2.49. The molecule has 158 valence electrons. The monoisotopic (exact) mass is 427 g/mol. The molecule has 3 aromatic rings. The van der Waals surface area contributed by atoms with Crippen molar-refractivity contribution in [3.8, 4) is 11.8 Å². The molecule has 0 bridgehead atoms. The van der Waals surface area contributed by atoms with E-state index < -0.39 is 46.7 Å². The normalized spacial score (nSPS) is 11.6. The second-order valence-corrected chi connectivity index (χ2v) is 6.05. The molecule has 2 aromatic heterocycles. The Morgan fingerprint density at radius 3 is 2.33 bits per heavy atom. The molecule has 0 aliphatic carbocycles. The van der Waals surface area contributed by atoms with Crippen LogP contribution >= 0.6 is 0 Å². The van der Waals surface area contributed by atoms with Crippen molar-refractivity contribution < 1.29 is 46.9 Å². The van der Waals surface area contributed by atoms with Crippen molar-refractivity contribution in [2.45, 2.75) is 25.9 Å². The quantitative estimate of drug-likeness (QED) is 0.458. The Morgan fingerprint density at radius 1 is 1.10 bits per heavy atom.